The first-order valence-electron chi connectivity index (χ1n) is 10.3. The van der Waals surface area contributed by atoms with E-state index < -0.39 is 34.9 Å². The molecule has 2 saturated heterocycles. The van der Waals surface area contributed by atoms with Crippen molar-refractivity contribution in [3.8, 4) is 0 Å². The van der Waals surface area contributed by atoms with Crippen molar-refractivity contribution in [3.05, 3.63) is 36.9 Å². The van der Waals surface area contributed by atoms with Gasteiger partial charge in [0.25, 0.3) is 5.91 Å². The van der Waals surface area contributed by atoms with Gasteiger partial charge in [0, 0.05) is 28.8 Å². The third kappa shape index (κ3) is 3.32. The molecule has 3 aliphatic rings. The number of fused-ring (bicyclic) bond motifs is 2. The highest BCUT2D eigenvalue weighted by Crippen LogP contribution is 2.53. The Morgan fingerprint density at radius 2 is 1.84 bits per heavy atom. The van der Waals surface area contributed by atoms with Crippen LogP contribution in [0.3, 0.4) is 0 Å². The number of hydrogen-bond donors (Lipinski definition) is 1. The largest absolute Gasteiger partial charge is 0.351 e. The minimum absolute atomic E-state index is 0.103. The first kappa shape index (κ1) is 21.4. The normalized spacial score (nSPS) is 25.1. The molecule has 0 aromatic carbocycles. The Bertz CT molecular complexity index is 1160. The molecule has 3 unspecified atom stereocenters. The Kier molecular flexibility index (Phi) is 5.46. The Labute approximate surface area is 195 Å². The molecule has 2 fully saturated rings. The van der Waals surface area contributed by atoms with E-state index in [1.54, 1.807) is 4.90 Å². The molecule has 5 heterocycles. The van der Waals surface area contributed by atoms with E-state index >= 15 is 0 Å². The first-order valence-corrected chi connectivity index (χ1v) is 12.8. The summed E-state index contributed by atoms with van der Waals surface area (Å²) < 4.78 is 1.42. The molecule has 2 N–H and O–H groups in total. The molecule has 2 aromatic heterocycles. The Balaban J connectivity index is 1.57. The number of nitrogens with zero attached hydrogens (tertiary/aromatic N) is 3. The summed E-state index contributed by atoms with van der Waals surface area (Å²) in [7, 11) is 0. The number of rotatable bonds is 3. The topological polar surface area (TPSA) is 123 Å². The van der Waals surface area contributed by atoms with Crippen LogP contribution < -0.4 is 10.6 Å². The maximum atomic E-state index is 13.0. The standard InChI is InChI=1S/C20H20N4O5S3/c21-19(28)24-16(26)13-12(10-5-4-8-30-10)15-18(31-14(13)17(24)27)23(20(29)32-15)9-11(25)22-6-2-1-3-7-22/h4-5,8,12-14H,1-3,6-7,9H2,(H2,21,28). The third-order valence-electron chi connectivity index (χ3n) is 6.12. The third-order valence-corrected chi connectivity index (χ3v) is 9.68. The maximum absolute atomic E-state index is 13.0. The fraction of sp³-hybridized carbons (Fsp3) is 0.450. The smallest absolute Gasteiger partial charge is 0.328 e. The van der Waals surface area contributed by atoms with Crippen LogP contribution in [0.15, 0.2) is 27.3 Å². The number of primary amides is 1. The van der Waals surface area contributed by atoms with Gasteiger partial charge in [-0.3, -0.25) is 23.7 Å². The molecule has 2 aromatic rings. The maximum Gasteiger partial charge on any atom is 0.328 e. The van der Waals surface area contributed by atoms with Crippen LogP contribution in [0.2, 0.25) is 0 Å². The molecule has 0 aliphatic carbocycles. The van der Waals surface area contributed by atoms with Crippen molar-refractivity contribution >= 4 is 58.2 Å². The zero-order valence-corrected chi connectivity index (χ0v) is 19.3. The first-order chi connectivity index (χ1) is 15.4. The molecule has 0 saturated carbocycles. The molecule has 0 bridgehead atoms. The number of nitrogens with two attached hydrogens (primary N) is 1. The molecular formula is C20H20N4O5S3. The Hall–Kier alpha value is -2.44. The van der Waals surface area contributed by atoms with E-state index in [9.17, 15) is 24.0 Å². The van der Waals surface area contributed by atoms with Crippen LogP contribution in [0.5, 0.6) is 0 Å². The number of thioether (sulfide) groups is 1. The molecule has 3 atom stereocenters. The highest BCUT2D eigenvalue weighted by atomic mass is 32.2. The molecule has 9 nitrogen and oxygen atoms in total. The van der Waals surface area contributed by atoms with Crippen LogP contribution in [-0.2, 0) is 20.9 Å². The van der Waals surface area contributed by atoms with Crippen LogP contribution in [0, 0.1) is 5.92 Å². The lowest BCUT2D eigenvalue weighted by Gasteiger charge is -2.30. The van der Waals surface area contributed by atoms with E-state index in [1.165, 1.54) is 15.9 Å². The number of imide groups is 3. The van der Waals surface area contributed by atoms with Crippen molar-refractivity contribution in [2.75, 3.05) is 13.1 Å². The lowest BCUT2D eigenvalue weighted by molar-refractivity contribution is -0.136. The fourth-order valence-corrected chi connectivity index (χ4v) is 8.35. The van der Waals surface area contributed by atoms with E-state index in [1.807, 2.05) is 17.5 Å². The number of urea groups is 1. The van der Waals surface area contributed by atoms with E-state index in [0.717, 1.165) is 47.2 Å². The van der Waals surface area contributed by atoms with Gasteiger partial charge in [0.05, 0.1) is 10.9 Å². The van der Waals surface area contributed by atoms with Crippen LogP contribution in [0.1, 0.15) is 34.9 Å². The van der Waals surface area contributed by atoms with E-state index in [0.29, 0.717) is 27.9 Å². The van der Waals surface area contributed by atoms with Gasteiger partial charge in [0.15, 0.2) is 0 Å². The number of amides is 5. The van der Waals surface area contributed by atoms with E-state index in [-0.39, 0.29) is 17.3 Å². The number of thiophene rings is 1. The van der Waals surface area contributed by atoms with Crippen molar-refractivity contribution in [2.45, 2.75) is 42.0 Å². The number of piperidine rings is 1. The molecule has 168 valence electrons. The summed E-state index contributed by atoms with van der Waals surface area (Å²) in [5, 5.41) is 1.51. The quantitative estimate of drug-likeness (QED) is 0.650. The molecule has 12 heteroatoms. The predicted octanol–water partition coefficient (Wildman–Crippen LogP) is 1.65. The van der Waals surface area contributed by atoms with Gasteiger partial charge in [0.2, 0.25) is 11.8 Å². The summed E-state index contributed by atoms with van der Waals surface area (Å²) in [6.45, 7) is 1.25. The number of hydrogen-bond acceptors (Lipinski definition) is 8. The lowest BCUT2D eigenvalue weighted by Crippen LogP contribution is -2.41. The number of aromatic nitrogens is 1. The monoisotopic (exact) mass is 492 g/mol. The summed E-state index contributed by atoms with van der Waals surface area (Å²) in [6, 6.07) is 2.59. The minimum Gasteiger partial charge on any atom is -0.351 e. The van der Waals surface area contributed by atoms with Gasteiger partial charge in [-0.15, -0.1) is 11.3 Å². The van der Waals surface area contributed by atoms with Crippen LogP contribution in [0.4, 0.5) is 4.79 Å². The average Bonchev–Trinajstić information content (AvgIpc) is 3.46. The van der Waals surface area contributed by atoms with Gasteiger partial charge in [-0.2, -0.15) is 4.90 Å². The second kappa shape index (κ2) is 8.16. The highest BCUT2D eigenvalue weighted by molar-refractivity contribution is 8.00. The average molecular weight is 493 g/mol. The summed E-state index contributed by atoms with van der Waals surface area (Å²) >= 11 is 3.50. The van der Waals surface area contributed by atoms with Crippen molar-refractivity contribution in [2.24, 2.45) is 11.7 Å². The molecule has 5 amide bonds. The van der Waals surface area contributed by atoms with Crippen molar-refractivity contribution in [3.63, 3.8) is 0 Å². The fourth-order valence-electron chi connectivity index (χ4n) is 4.63. The minimum atomic E-state index is -1.10. The zero-order valence-electron chi connectivity index (χ0n) is 16.9. The molecule has 0 radical (unpaired) electrons. The van der Waals surface area contributed by atoms with Gasteiger partial charge in [-0.05, 0) is 30.7 Å². The van der Waals surface area contributed by atoms with Crippen molar-refractivity contribution < 1.29 is 19.2 Å². The summed E-state index contributed by atoms with van der Waals surface area (Å²) in [6.07, 6.45) is 2.98. The van der Waals surface area contributed by atoms with Gasteiger partial charge < -0.3 is 10.6 Å². The Morgan fingerprint density at radius 1 is 1.09 bits per heavy atom. The molecule has 0 spiro atoms. The lowest BCUT2D eigenvalue weighted by atomic mass is 9.87. The molecule has 32 heavy (non-hydrogen) atoms. The number of carbonyl (C=O) groups excluding carboxylic acids is 4. The van der Waals surface area contributed by atoms with Gasteiger partial charge >= 0.3 is 10.9 Å². The van der Waals surface area contributed by atoms with Crippen LogP contribution in [-0.4, -0.2) is 56.5 Å². The molecule has 5 rings (SSSR count). The van der Waals surface area contributed by atoms with Crippen LogP contribution in [0.25, 0.3) is 0 Å². The number of thiazole rings is 1. The Morgan fingerprint density at radius 3 is 2.50 bits per heavy atom. The van der Waals surface area contributed by atoms with Gasteiger partial charge in [0.1, 0.15) is 11.8 Å². The molecular weight excluding hydrogens is 472 g/mol. The van der Waals surface area contributed by atoms with Crippen LogP contribution >= 0.6 is 34.4 Å². The van der Waals surface area contributed by atoms with Crippen molar-refractivity contribution in [1.29, 1.82) is 0 Å². The SMILES string of the molecule is NC(=O)N1C(=O)C2Sc3c(sc(=O)n3CC(=O)N3CCCCC3)C(c3cccs3)C2C1=O. The van der Waals surface area contributed by atoms with E-state index in [2.05, 4.69) is 0 Å². The summed E-state index contributed by atoms with van der Waals surface area (Å²) in [4.78, 5) is 67.1. The second-order valence-corrected chi connectivity index (χ2v) is 11.1. The highest BCUT2D eigenvalue weighted by Gasteiger charge is 2.58. The summed E-state index contributed by atoms with van der Waals surface area (Å²) in [5.74, 6) is -2.80. The van der Waals surface area contributed by atoms with Gasteiger partial charge in [-0.25, -0.2) is 4.79 Å². The van der Waals surface area contributed by atoms with Gasteiger partial charge in [-0.1, -0.05) is 29.2 Å². The van der Waals surface area contributed by atoms with E-state index in [4.69, 9.17) is 5.73 Å². The summed E-state index contributed by atoms with van der Waals surface area (Å²) in [5.41, 5.74) is 5.32. The molecule has 3 aliphatic heterocycles. The predicted molar refractivity (Wildman–Crippen MR) is 120 cm³/mol. The number of likely N-dealkylation sites (tertiary alicyclic amines) is 2. The zero-order chi connectivity index (χ0) is 22.6. The second-order valence-electron chi connectivity index (χ2n) is 7.97. The number of carbonyl (C=O) groups is 4. The van der Waals surface area contributed by atoms with Crippen molar-refractivity contribution in [1.82, 2.24) is 14.4 Å².